The minimum atomic E-state index is -4.48. The third-order valence-electron chi connectivity index (χ3n) is 8.48. The molecule has 0 aliphatic heterocycles. The number of benzene rings is 2. The lowest BCUT2D eigenvalue weighted by atomic mass is 9.93. The molecule has 3 heterocycles. The fourth-order valence-corrected chi connectivity index (χ4v) is 5.75. The normalized spacial score (nSPS) is 14.8. The van der Waals surface area contributed by atoms with Crippen molar-refractivity contribution >= 4 is 22.3 Å². The van der Waals surface area contributed by atoms with Crippen LogP contribution in [0.15, 0.2) is 55.2 Å². The fraction of sp³-hybridized carbons (Fsp3) is 0.353. The number of hydrogen-bond acceptors (Lipinski definition) is 8. The maximum Gasteiger partial charge on any atom is 0.413 e. The third-order valence-corrected chi connectivity index (χ3v) is 8.48. The number of nitrogens with zero attached hydrogens (tertiary/aromatic N) is 8. The standard InChI is InChI=1S/C34H33F3N10/c1-20-23(27-16-46(5)19-42-27)7-6-8-24(20)31(28-17-47(45-44-28)33(9-10-33)34(35,36)37)43-26-12-21(13-38)11-25-29(41-18-32(2,3)4)22(14-39)15-40-30(25)26/h6-8,11-12,15-17,19,31,43H,9-10,18H2,1-5H3,(H,40,41)/t31-/m0/s1. The van der Waals surface area contributed by atoms with Crippen molar-refractivity contribution in [3.63, 3.8) is 0 Å². The Morgan fingerprint density at radius 1 is 1.06 bits per heavy atom. The summed E-state index contributed by atoms with van der Waals surface area (Å²) in [5.74, 6) is 0. The third kappa shape index (κ3) is 5.85. The molecule has 1 fully saturated rings. The van der Waals surface area contributed by atoms with Crippen molar-refractivity contribution in [1.82, 2.24) is 29.5 Å². The number of imidazole rings is 1. The van der Waals surface area contributed by atoms with Gasteiger partial charge in [0.25, 0.3) is 0 Å². The first-order valence-corrected chi connectivity index (χ1v) is 15.1. The van der Waals surface area contributed by atoms with Crippen LogP contribution in [0.5, 0.6) is 0 Å². The van der Waals surface area contributed by atoms with E-state index in [1.165, 1.54) is 12.4 Å². The van der Waals surface area contributed by atoms with Gasteiger partial charge >= 0.3 is 6.18 Å². The molecule has 0 saturated heterocycles. The number of fused-ring (bicyclic) bond motifs is 1. The molecular weight excluding hydrogens is 605 g/mol. The van der Waals surface area contributed by atoms with E-state index in [9.17, 15) is 23.7 Å². The van der Waals surface area contributed by atoms with Gasteiger partial charge in [0.15, 0.2) is 5.54 Å². The van der Waals surface area contributed by atoms with Crippen molar-refractivity contribution in [3.05, 3.63) is 83.2 Å². The summed E-state index contributed by atoms with van der Waals surface area (Å²) in [5.41, 5.74) is 3.32. The van der Waals surface area contributed by atoms with E-state index in [2.05, 4.69) is 63.8 Å². The Morgan fingerprint density at radius 2 is 1.83 bits per heavy atom. The molecule has 3 aromatic heterocycles. The van der Waals surface area contributed by atoms with Crippen LogP contribution in [-0.2, 0) is 12.6 Å². The van der Waals surface area contributed by atoms with Gasteiger partial charge in [0.2, 0.25) is 0 Å². The van der Waals surface area contributed by atoms with E-state index in [1.807, 2.05) is 42.9 Å². The zero-order chi connectivity index (χ0) is 33.7. The predicted octanol–water partition coefficient (Wildman–Crippen LogP) is 6.99. The van der Waals surface area contributed by atoms with Crippen LogP contribution < -0.4 is 10.6 Å². The average Bonchev–Trinajstić information content (AvgIpc) is 3.52. The molecule has 5 aromatic rings. The highest BCUT2D eigenvalue weighted by Gasteiger charge is 2.66. The number of pyridine rings is 1. The summed E-state index contributed by atoms with van der Waals surface area (Å²) in [7, 11) is 1.87. The number of nitrogens with one attached hydrogen (secondary N) is 2. The predicted molar refractivity (Wildman–Crippen MR) is 171 cm³/mol. The second-order valence-electron chi connectivity index (χ2n) is 13.2. The van der Waals surface area contributed by atoms with Gasteiger partial charge in [-0.2, -0.15) is 23.7 Å². The summed E-state index contributed by atoms with van der Waals surface area (Å²) in [6.45, 7) is 8.66. The monoisotopic (exact) mass is 638 g/mol. The lowest BCUT2D eigenvalue weighted by molar-refractivity contribution is -0.182. The average molecular weight is 639 g/mol. The highest BCUT2D eigenvalue weighted by Crippen LogP contribution is 2.55. The molecule has 1 aliphatic rings. The van der Waals surface area contributed by atoms with Gasteiger partial charge < -0.3 is 15.2 Å². The van der Waals surface area contributed by atoms with Gasteiger partial charge in [-0.25, -0.2) is 9.67 Å². The Hall–Kier alpha value is -5.43. The molecule has 2 N–H and O–H groups in total. The minimum Gasteiger partial charge on any atom is -0.383 e. The molecule has 2 aromatic carbocycles. The summed E-state index contributed by atoms with van der Waals surface area (Å²) >= 11 is 0. The molecule has 240 valence electrons. The topological polar surface area (TPSA) is 133 Å². The number of anilines is 2. The Bertz CT molecular complexity index is 2070. The zero-order valence-corrected chi connectivity index (χ0v) is 26.6. The molecule has 0 unspecified atom stereocenters. The van der Waals surface area contributed by atoms with Crippen molar-refractivity contribution in [3.8, 4) is 23.4 Å². The van der Waals surface area contributed by atoms with Crippen molar-refractivity contribution in [2.75, 3.05) is 17.2 Å². The summed E-state index contributed by atoms with van der Waals surface area (Å²) in [6.07, 6.45) is 1.78. The largest absolute Gasteiger partial charge is 0.413 e. The highest BCUT2D eigenvalue weighted by atomic mass is 19.4. The fourth-order valence-electron chi connectivity index (χ4n) is 5.75. The first-order valence-electron chi connectivity index (χ1n) is 15.1. The van der Waals surface area contributed by atoms with Gasteiger partial charge in [-0.3, -0.25) is 4.98 Å². The molecule has 1 saturated carbocycles. The molecule has 10 nitrogen and oxygen atoms in total. The van der Waals surface area contributed by atoms with E-state index >= 15 is 0 Å². The summed E-state index contributed by atoms with van der Waals surface area (Å²) < 4.78 is 45.0. The summed E-state index contributed by atoms with van der Waals surface area (Å²) in [5, 5.41) is 35.6. The number of halogens is 3. The van der Waals surface area contributed by atoms with Crippen LogP contribution in [0.3, 0.4) is 0 Å². The van der Waals surface area contributed by atoms with E-state index < -0.39 is 17.8 Å². The molecule has 1 aliphatic carbocycles. The zero-order valence-electron chi connectivity index (χ0n) is 26.6. The Morgan fingerprint density at radius 3 is 2.45 bits per heavy atom. The molecular formula is C34H33F3N10. The number of hydrogen-bond donors (Lipinski definition) is 2. The maximum atomic E-state index is 14.1. The Labute approximate surface area is 269 Å². The quantitative estimate of drug-likeness (QED) is 0.186. The van der Waals surface area contributed by atoms with E-state index in [-0.39, 0.29) is 24.0 Å². The van der Waals surface area contributed by atoms with Crippen LogP contribution in [0.4, 0.5) is 24.5 Å². The van der Waals surface area contributed by atoms with Gasteiger partial charge in [0, 0.05) is 36.9 Å². The van der Waals surface area contributed by atoms with Gasteiger partial charge in [0.05, 0.1) is 58.3 Å². The van der Waals surface area contributed by atoms with Crippen molar-refractivity contribution in [2.45, 2.75) is 58.3 Å². The molecule has 6 rings (SSSR count). The number of aryl methyl sites for hydroxylation is 1. The van der Waals surface area contributed by atoms with Crippen LogP contribution in [0.2, 0.25) is 0 Å². The van der Waals surface area contributed by atoms with Crippen LogP contribution in [0.25, 0.3) is 22.2 Å². The van der Waals surface area contributed by atoms with Crippen molar-refractivity contribution in [1.29, 1.82) is 10.5 Å². The van der Waals surface area contributed by atoms with Gasteiger partial charge in [-0.05, 0) is 48.4 Å². The van der Waals surface area contributed by atoms with Crippen LogP contribution in [-0.4, -0.2) is 42.2 Å². The second-order valence-corrected chi connectivity index (χ2v) is 13.2. The molecule has 1 atom stereocenters. The molecule has 47 heavy (non-hydrogen) atoms. The number of rotatable bonds is 8. The molecule has 0 amide bonds. The molecule has 0 spiro atoms. The smallest absolute Gasteiger partial charge is 0.383 e. The van der Waals surface area contributed by atoms with E-state index in [1.54, 1.807) is 18.5 Å². The van der Waals surface area contributed by atoms with Crippen LogP contribution in [0, 0.1) is 35.0 Å². The van der Waals surface area contributed by atoms with Crippen molar-refractivity contribution < 1.29 is 13.2 Å². The molecule has 0 radical (unpaired) electrons. The SMILES string of the molecule is Cc1c(-c2cn(C)cn2)cccc1[C@H](Nc1cc(C#N)cc2c(NCC(C)(C)C)c(C#N)cnc12)c1cn(C2(C(F)(F)F)CC2)nn1. The lowest BCUT2D eigenvalue weighted by Crippen LogP contribution is -2.35. The maximum absolute atomic E-state index is 14.1. The number of aromatic nitrogens is 6. The van der Waals surface area contributed by atoms with E-state index in [0.717, 1.165) is 27.1 Å². The van der Waals surface area contributed by atoms with Gasteiger partial charge in [-0.1, -0.05) is 44.2 Å². The van der Waals surface area contributed by atoms with Gasteiger partial charge in [-0.15, -0.1) is 5.10 Å². The van der Waals surface area contributed by atoms with E-state index in [4.69, 9.17) is 0 Å². The molecule has 0 bridgehead atoms. The van der Waals surface area contributed by atoms with Gasteiger partial charge in [0.1, 0.15) is 11.8 Å². The lowest BCUT2D eigenvalue weighted by Gasteiger charge is -2.24. The number of alkyl halides is 3. The van der Waals surface area contributed by atoms with Crippen LogP contribution in [0.1, 0.15) is 67.6 Å². The van der Waals surface area contributed by atoms with Crippen molar-refractivity contribution in [2.24, 2.45) is 12.5 Å². The van der Waals surface area contributed by atoms with E-state index in [0.29, 0.717) is 39.9 Å². The summed E-state index contributed by atoms with van der Waals surface area (Å²) in [4.78, 5) is 9.12. The Kier molecular flexibility index (Phi) is 7.67. The first-order chi connectivity index (χ1) is 22.2. The Balaban J connectivity index is 1.53. The van der Waals surface area contributed by atoms with Crippen LogP contribution >= 0.6 is 0 Å². The second kappa shape index (κ2) is 11.4. The minimum absolute atomic E-state index is 0.0735. The first kappa shape index (κ1) is 31.5. The summed E-state index contributed by atoms with van der Waals surface area (Å²) in [6, 6.07) is 12.6. The molecule has 13 heteroatoms. The highest BCUT2D eigenvalue weighted by molar-refractivity contribution is 6.01. The number of nitriles is 2.